The molecule has 27 heavy (non-hydrogen) atoms. The zero-order valence-corrected chi connectivity index (χ0v) is 15.4. The molecule has 0 N–H and O–H groups in total. The van der Waals surface area contributed by atoms with Gasteiger partial charge < -0.3 is 4.90 Å². The van der Waals surface area contributed by atoms with Crippen LogP contribution in [-0.4, -0.2) is 36.4 Å². The summed E-state index contributed by atoms with van der Waals surface area (Å²) in [6, 6.07) is 6.21. The highest BCUT2D eigenvalue weighted by atomic mass is 19.4. The molecule has 0 saturated heterocycles. The molecule has 7 heteroatoms. The molecular weight excluding hydrogens is 355 g/mol. The number of aryl methyl sites for hydroxylation is 1. The Morgan fingerprint density at radius 1 is 1.22 bits per heavy atom. The third kappa shape index (κ3) is 2.59. The molecule has 4 rings (SSSR count). The first-order valence-corrected chi connectivity index (χ1v) is 8.89. The van der Waals surface area contributed by atoms with Gasteiger partial charge in [-0.1, -0.05) is 32.0 Å². The van der Waals surface area contributed by atoms with E-state index in [0.717, 1.165) is 35.8 Å². The zero-order chi connectivity index (χ0) is 19.6. The number of benzene rings is 1. The lowest BCUT2D eigenvalue weighted by Gasteiger charge is -2.30. The number of nitrogens with zero attached hydrogens (tertiary/aromatic N) is 3. The van der Waals surface area contributed by atoms with Crippen LogP contribution in [0.1, 0.15) is 31.4 Å². The molecule has 0 unspecified atom stereocenters. The normalized spacial score (nSPS) is 24.1. The van der Waals surface area contributed by atoms with E-state index >= 15 is 0 Å². The smallest absolute Gasteiger partial charge is 0.344 e. The number of rotatable bonds is 1. The Morgan fingerprint density at radius 2 is 1.96 bits per heavy atom. The predicted molar refractivity (Wildman–Crippen MR) is 97.6 cm³/mol. The number of carbonyl (C=O) groups excluding carboxylic acids is 1. The molecule has 3 aliphatic rings. The molecule has 0 aromatic heterocycles. The van der Waals surface area contributed by atoms with Crippen LogP contribution in [0.15, 0.2) is 46.7 Å². The minimum Gasteiger partial charge on any atom is -0.344 e. The van der Waals surface area contributed by atoms with E-state index < -0.39 is 23.4 Å². The summed E-state index contributed by atoms with van der Waals surface area (Å²) in [5.74, 6) is -0.744. The lowest BCUT2D eigenvalue weighted by molar-refractivity contribution is -0.124. The standard InChI is InChI=1S/C20H20F3N3O/c1-19(2)14-8-4-6-12-7-5-11-26(16(12)14)15(19)10-9-13-17(20(21,22)23)24-25(3)18(13)27/h4,6,8-10H,5,7,11H2,1-3H3. The second-order valence-corrected chi connectivity index (χ2v) is 7.60. The molecule has 0 bridgehead atoms. The Morgan fingerprint density at radius 3 is 2.67 bits per heavy atom. The third-order valence-corrected chi connectivity index (χ3v) is 5.53. The first-order valence-electron chi connectivity index (χ1n) is 8.89. The molecule has 1 aromatic carbocycles. The van der Waals surface area contributed by atoms with Crippen molar-refractivity contribution in [3.63, 3.8) is 0 Å². The monoisotopic (exact) mass is 375 g/mol. The van der Waals surface area contributed by atoms with E-state index in [2.05, 4.69) is 36.0 Å². The number of likely N-dealkylation sites (N-methyl/N-ethyl adjacent to an activating group) is 1. The van der Waals surface area contributed by atoms with Crippen molar-refractivity contribution in [3.05, 3.63) is 52.7 Å². The van der Waals surface area contributed by atoms with Crippen LogP contribution in [0, 0.1) is 0 Å². The molecular formula is C20H20F3N3O. The van der Waals surface area contributed by atoms with Gasteiger partial charge in [-0.3, -0.25) is 4.79 Å². The van der Waals surface area contributed by atoms with Crippen LogP contribution < -0.4 is 4.90 Å². The summed E-state index contributed by atoms with van der Waals surface area (Å²) in [6.45, 7) is 4.94. The number of hydrogen-bond acceptors (Lipinski definition) is 3. The van der Waals surface area contributed by atoms with Crippen LogP contribution in [0.25, 0.3) is 0 Å². The Kier molecular flexibility index (Phi) is 3.77. The highest BCUT2D eigenvalue weighted by Gasteiger charge is 2.46. The fraction of sp³-hybridized carbons (Fsp3) is 0.400. The fourth-order valence-corrected chi connectivity index (χ4v) is 4.22. The quantitative estimate of drug-likeness (QED) is 0.698. The average molecular weight is 375 g/mol. The largest absolute Gasteiger partial charge is 0.435 e. The van der Waals surface area contributed by atoms with Gasteiger partial charge in [-0.15, -0.1) is 0 Å². The number of carbonyl (C=O) groups is 1. The van der Waals surface area contributed by atoms with E-state index in [1.54, 1.807) is 6.08 Å². The average Bonchev–Trinajstić information content (AvgIpc) is 3.00. The summed E-state index contributed by atoms with van der Waals surface area (Å²) < 4.78 is 39.7. The second-order valence-electron chi connectivity index (χ2n) is 7.60. The number of alkyl halides is 3. The Balaban J connectivity index is 1.81. The van der Waals surface area contributed by atoms with Gasteiger partial charge in [0.2, 0.25) is 0 Å². The number of para-hydroxylation sites is 1. The highest BCUT2D eigenvalue weighted by Crippen LogP contribution is 2.51. The maximum absolute atomic E-state index is 13.2. The topological polar surface area (TPSA) is 35.9 Å². The van der Waals surface area contributed by atoms with Crippen LogP contribution in [0.5, 0.6) is 0 Å². The van der Waals surface area contributed by atoms with Crippen molar-refractivity contribution in [3.8, 4) is 0 Å². The van der Waals surface area contributed by atoms with Crippen LogP contribution in [0.3, 0.4) is 0 Å². The van der Waals surface area contributed by atoms with E-state index in [0.29, 0.717) is 0 Å². The molecule has 4 nitrogen and oxygen atoms in total. The van der Waals surface area contributed by atoms with Crippen molar-refractivity contribution in [2.45, 2.75) is 38.3 Å². The molecule has 3 heterocycles. The third-order valence-electron chi connectivity index (χ3n) is 5.53. The molecule has 3 aliphatic heterocycles. The van der Waals surface area contributed by atoms with Crippen LogP contribution in [0.4, 0.5) is 18.9 Å². The first kappa shape index (κ1) is 17.8. The number of hydrogen-bond donors (Lipinski definition) is 0. The number of amides is 1. The van der Waals surface area contributed by atoms with Crippen molar-refractivity contribution in [2.24, 2.45) is 5.10 Å². The zero-order valence-electron chi connectivity index (χ0n) is 15.4. The van der Waals surface area contributed by atoms with E-state index in [1.807, 2.05) is 6.07 Å². The van der Waals surface area contributed by atoms with Gasteiger partial charge in [-0.05, 0) is 36.1 Å². The van der Waals surface area contributed by atoms with Gasteiger partial charge in [0.25, 0.3) is 5.91 Å². The van der Waals surface area contributed by atoms with Crippen molar-refractivity contribution in [1.82, 2.24) is 5.01 Å². The van der Waals surface area contributed by atoms with Gasteiger partial charge in [0.05, 0.1) is 5.57 Å². The second kappa shape index (κ2) is 5.71. The Bertz CT molecular complexity index is 925. The van der Waals surface area contributed by atoms with Gasteiger partial charge in [-0.2, -0.15) is 18.3 Å². The molecule has 0 spiro atoms. The van der Waals surface area contributed by atoms with Gasteiger partial charge in [0.15, 0.2) is 5.71 Å². The van der Waals surface area contributed by atoms with E-state index in [9.17, 15) is 18.0 Å². The number of allylic oxidation sites excluding steroid dienone is 3. The van der Waals surface area contributed by atoms with Crippen molar-refractivity contribution < 1.29 is 18.0 Å². The predicted octanol–water partition coefficient (Wildman–Crippen LogP) is 3.93. The summed E-state index contributed by atoms with van der Waals surface area (Å²) in [5.41, 5.74) is 2.59. The summed E-state index contributed by atoms with van der Waals surface area (Å²) in [7, 11) is 1.23. The van der Waals surface area contributed by atoms with Crippen molar-refractivity contribution in [1.29, 1.82) is 0 Å². The maximum Gasteiger partial charge on any atom is 0.435 e. The van der Waals surface area contributed by atoms with Gasteiger partial charge in [0.1, 0.15) is 0 Å². The molecule has 0 atom stereocenters. The Hall–Kier alpha value is -2.57. The Labute approximate surface area is 155 Å². The molecule has 142 valence electrons. The molecule has 0 fully saturated rings. The summed E-state index contributed by atoms with van der Waals surface area (Å²) in [5, 5.41) is 4.11. The minimum absolute atomic E-state index is 0.351. The van der Waals surface area contributed by atoms with Gasteiger partial charge in [0, 0.05) is 30.4 Å². The maximum atomic E-state index is 13.2. The van der Waals surface area contributed by atoms with Crippen molar-refractivity contribution in [2.75, 3.05) is 18.5 Å². The van der Waals surface area contributed by atoms with Gasteiger partial charge in [-0.25, -0.2) is 5.01 Å². The number of anilines is 1. The molecule has 1 aromatic rings. The molecule has 0 saturated carbocycles. The van der Waals surface area contributed by atoms with Crippen LogP contribution in [-0.2, 0) is 16.6 Å². The lowest BCUT2D eigenvalue weighted by atomic mass is 9.83. The van der Waals surface area contributed by atoms with Gasteiger partial charge >= 0.3 is 6.18 Å². The van der Waals surface area contributed by atoms with Crippen LogP contribution >= 0.6 is 0 Å². The van der Waals surface area contributed by atoms with Crippen LogP contribution in [0.2, 0.25) is 0 Å². The lowest BCUT2D eigenvalue weighted by Crippen LogP contribution is -2.29. The number of hydrazone groups is 1. The minimum atomic E-state index is -4.67. The van der Waals surface area contributed by atoms with E-state index in [1.165, 1.54) is 24.3 Å². The highest BCUT2D eigenvalue weighted by molar-refractivity contribution is 6.26. The van der Waals surface area contributed by atoms with E-state index in [4.69, 9.17) is 0 Å². The summed E-state index contributed by atoms with van der Waals surface area (Å²) in [6.07, 6.45) is 0.241. The molecule has 0 radical (unpaired) electrons. The van der Waals surface area contributed by atoms with E-state index in [-0.39, 0.29) is 5.41 Å². The summed E-state index contributed by atoms with van der Waals surface area (Å²) >= 11 is 0. The first-order chi connectivity index (χ1) is 12.6. The molecule has 0 aliphatic carbocycles. The fourth-order valence-electron chi connectivity index (χ4n) is 4.22. The summed E-state index contributed by atoms with van der Waals surface area (Å²) in [4.78, 5) is 14.3. The SMILES string of the molecule is CN1N=C(C(F)(F)F)C(=CC=C2N3CCCc4cccc(c43)C2(C)C)C1=O. The molecule has 1 amide bonds. The van der Waals surface area contributed by atoms with Crippen molar-refractivity contribution >= 4 is 17.3 Å². The number of halogens is 3.